The maximum Gasteiger partial charge on any atom is 0.255 e. The van der Waals surface area contributed by atoms with E-state index in [0.717, 1.165) is 35.3 Å². The van der Waals surface area contributed by atoms with E-state index in [9.17, 15) is 9.90 Å². The van der Waals surface area contributed by atoms with E-state index < -0.39 is 17.7 Å². The smallest absolute Gasteiger partial charge is 0.255 e. The average Bonchev–Trinajstić information content (AvgIpc) is 2.99. The third-order valence-corrected chi connectivity index (χ3v) is 6.70. The Bertz CT molecular complexity index is 1030. The number of benzene rings is 2. The molecule has 1 saturated carbocycles. The Kier molecular flexibility index (Phi) is 4.07. The Morgan fingerprint density at radius 1 is 1.21 bits per heavy atom. The van der Waals surface area contributed by atoms with Gasteiger partial charge in [0.1, 0.15) is 17.5 Å². The van der Waals surface area contributed by atoms with Crippen LogP contribution in [0.5, 0.6) is 5.75 Å². The number of fused-ring (bicyclic) bond motifs is 2. The van der Waals surface area contributed by atoms with Crippen molar-refractivity contribution < 1.29 is 14.6 Å². The zero-order valence-electron chi connectivity index (χ0n) is 17.1. The minimum absolute atomic E-state index is 0.0295. The lowest BCUT2D eigenvalue weighted by Gasteiger charge is -2.45. The van der Waals surface area contributed by atoms with Gasteiger partial charge in [0.05, 0.1) is 6.04 Å². The van der Waals surface area contributed by atoms with Crippen molar-refractivity contribution in [3.05, 3.63) is 64.7 Å². The van der Waals surface area contributed by atoms with Gasteiger partial charge in [0, 0.05) is 36.3 Å². The summed E-state index contributed by atoms with van der Waals surface area (Å²) < 4.78 is 6.16. The molecule has 1 aliphatic carbocycles. The SMILES string of the molecule is CN=C1CCC1c1ccc2c(c1)C(N1Cc3ccccc3C1=O)C(O)C(C)(C)O2. The van der Waals surface area contributed by atoms with Crippen LogP contribution in [0.2, 0.25) is 0 Å². The zero-order valence-corrected chi connectivity index (χ0v) is 17.1. The standard InChI is InChI=1S/C24H26N2O3/c1-24(2)22(27)21(26-13-15-6-4-5-7-17(15)23(26)28)18-12-14(8-11-20(18)29-24)16-9-10-19(16)25-3/h4-8,11-12,16,21-22,27H,9-10,13H2,1-3H3. The van der Waals surface area contributed by atoms with Crippen molar-refractivity contribution in [3.63, 3.8) is 0 Å². The molecule has 29 heavy (non-hydrogen) atoms. The molecule has 150 valence electrons. The van der Waals surface area contributed by atoms with E-state index in [4.69, 9.17) is 4.74 Å². The summed E-state index contributed by atoms with van der Waals surface area (Å²) in [5.74, 6) is 1.04. The van der Waals surface area contributed by atoms with Crippen molar-refractivity contribution in [2.75, 3.05) is 7.05 Å². The number of ether oxygens (including phenoxy) is 1. The summed E-state index contributed by atoms with van der Waals surface area (Å²) in [7, 11) is 1.85. The highest BCUT2D eigenvalue weighted by atomic mass is 16.5. The van der Waals surface area contributed by atoms with Crippen molar-refractivity contribution in [3.8, 4) is 5.75 Å². The highest BCUT2D eigenvalue weighted by molar-refractivity contribution is 5.99. The van der Waals surface area contributed by atoms with Gasteiger partial charge in [-0.3, -0.25) is 9.79 Å². The Hall–Kier alpha value is -2.66. The first-order valence-electron chi connectivity index (χ1n) is 10.3. The summed E-state index contributed by atoms with van der Waals surface area (Å²) in [4.78, 5) is 19.4. The molecular formula is C24H26N2O3. The molecule has 2 aromatic carbocycles. The number of hydrogen-bond acceptors (Lipinski definition) is 4. The molecule has 0 aromatic heterocycles. The summed E-state index contributed by atoms with van der Waals surface area (Å²) >= 11 is 0. The fourth-order valence-corrected chi connectivity index (χ4v) is 4.89. The number of amides is 1. The van der Waals surface area contributed by atoms with Crippen LogP contribution in [0, 0.1) is 0 Å². The molecule has 0 bridgehead atoms. The number of aliphatic hydroxyl groups excluding tert-OH is 1. The first-order chi connectivity index (χ1) is 13.9. The first kappa shape index (κ1) is 18.4. The summed E-state index contributed by atoms with van der Waals surface area (Å²) in [6.45, 7) is 4.26. The average molecular weight is 390 g/mol. The van der Waals surface area contributed by atoms with E-state index in [1.165, 1.54) is 11.3 Å². The molecule has 0 saturated heterocycles. The van der Waals surface area contributed by atoms with Crippen molar-refractivity contribution in [2.45, 2.75) is 56.9 Å². The number of aliphatic hydroxyl groups is 1. The maximum absolute atomic E-state index is 13.2. The molecule has 2 heterocycles. The van der Waals surface area contributed by atoms with Gasteiger partial charge in [0.25, 0.3) is 5.91 Å². The third kappa shape index (κ3) is 2.71. The van der Waals surface area contributed by atoms with Crippen LogP contribution in [0.3, 0.4) is 0 Å². The Morgan fingerprint density at radius 2 is 2.00 bits per heavy atom. The molecule has 0 spiro atoms. The molecule has 5 nitrogen and oxygen atoms in total. The Morgan fingerprint density at radius 3 is 2.69 bits per heavy atom. The van der Waals surface area contributed by atoms with E-state index in [0.29, 0.717) is 12.5 Å². The highest BCUT2D eigenvalue weighted by Crippen LogP contribution is 2.47. The lowest BCUT2D eigenvalue weighted by atomic mass is 9.76. The number of carbonyl (C=O) groups is 1. The van der Waals surface area contributed by atoms with Crippen LogP contribution in [-0.4, -0.2) is 40.4 Å². The van der Waals surface area contributed by atoms with Gasteiger partial charge in [0.2, 0.25) is 0 Å². The van der Waals surface area contributed by atoms with Gasteiger partial charge in [-0.15, -0.1) is 0 Å². The molecule has 0 radical (unpaired) electrons. The Labute approximate surface area is 171 Å². The van der Waals surface area contributed by atoms with Crippen molar-refractivity contribution >= 4 is 11.6 Å². The molecule has 5 rings (SSSR count). The van der Waals surface area contributed by atoms with E-state index in [1.54, 1.807) is 4.90 Å². The van der Waals surface area contributed by atoms with Crippen LogP contribution in [0.4, 0.5) is 0 Å². The van der Waals surface area contributed by atoms with Crippen LogP contribution < -0.4 is 4.74 Å². The van der Waals surface area contributed by atoms with Crippen molar-refractivity contribution in [1.82, 2.24) is 4.90 Å². The molecule has 2 aliphatic heterocycles. The second-order valence-corrected chi connectivity index (χ2v) is 8.79. The van der Waals surface area contributed by atoms with Gasteiger partial charge in [-0.2, -0.15) is 0 Å². The molecule has 1 fully saturated rings. The topological polar surface area (TPSA) is 62.1 Å². The summed E-state index contributed by atoms with van der Waals surface area (Å²) in [5.41, 5.74) is 4.22. The third-order valence-electron chi connectivity index (χ3n) is 6.70. The normalized spacial score (nSPS) is 28.6. The molecule has 1 amide bonds. The number of hydrogen-bond donors (Lipinski definition) is 1. The quantitative estimate of drug-likeness (QED) is 0.847. The zero-order chi connectivity index (χ0) is 20.3. The van der Waals surface area contributed by atoms with E-state index in [-0.39, 0.29) is 5.91 Å². The second-order valence-electron chi connectivity index (χ2n) is 8.79. The van der Waals surface area contributed by atoms with Crippen LogP contribution in [-0.2, 0) is 6.54 Å². The van der Waals surface area contributed by atoms with Crippen LogP contribution in [0.1, 0.15) is 65.7 Å². The molecule has 3 atom stereocenters. The molecular weight excluding hydrogens is 364 g/mol. The number of nitrogens with zero attached hydrogens (tertiary/aromatic N) is 2. The number of aliphatic imine (C=N–C) groups is 1. The molecule has 2 aromatic rings. The number of carbonyl (C=O) groups excluding carboxylic acids is 1. The predicted molar refractivity (Wildman–Crippen MR) is 112 cm³/mol. The molecule has 1 N–H and O–H groups in total. The van der Waals surface area contributed by atoms with Gasteiger partial charge in [-0.05, 0) is 56.0 Å². The molecule has 5 heteroatoms. The van der Waals surface area contributed by atoms with Crippen LogP contribution in [0.15, 0.2) is 47.5 Å². The number of rotatable bonds is 2. The maximum atomic E-state index is 13.2. The summed E-state index contributed by atoms with van der Waals surface area (Å²) in [5, 5.41) is 11.3. The van der Waals surface area contributed by atoms with Gasteiger partial charge in [-0.1, -0.05) is 24.3 Å². The van der Waals surface area contributed by atoms with E-state index in [2.05, 4.69) is 17.1 Å². The van der Waals surface area contributed by atoms with Crippen molar-refractivity contribution in [1.29, 1.82) is 0 Å². The van der Waals surface area contributed by atoms with Gasteiger partial charge < -0.3 is 14.7 Å². The summed E-state index contributed by atoms with van der Waals surface area (Å²) in [6, 6.07) is 13.4. The Balaban J connectivity index is 1.59. The minimum atomic E-state index is -0.829. The fraction of sp³-hybridized carbons (Fsp3) is 0.417. The second kappa shape index (κ2) is 6.42. The minimum Gasteiger partial charge on any atom is -0.485 e. The van der Waals surface area contributed by atoms with Gasteiger partial charge >= 0.3 is 0 Å². The molecule has 3 unspecified atom stereocenters. The van der Waals surface area contributed by atoms with E-state index >= 15 is 0 Å². The van der Waals surface area contributed by atoms with Gasteiger partial charge in [-0.25, -0.2) is 0 Å². The first-order valence-corrected chi connectivity index (χ1v) is 10.3. The van der Waals surface area contributed by atoms with E-state index in [1.807, 2.05) is 51.2 Å². The summed E-state index contributed by atoms with van der Waals surface area (Å²) in [6.07, 6.45) is 1.29. The van der Waals surface area contributed by atoms with Crippen molar-refractivity contribution in [2.24, 2.45) is 4.99 Å². The lowest BCUT2D eigenvalue weighted by molar-refractivity contribution is -0.0868. The molecule has 3 aliphatic rings. The van der Waals surface area contributed by atoms with Crippen LogP contribution in [0.25, 0.3) is 0 Å². The largest absolute Gasteiger partial charge is 0.485 e. The fourth-order valence-electron chi connectivity index (χ4n) is 4.89. The monoisotopic (exact) mass is 390 g/mol. The van der Waals surface area contributed by atoms with Crippen LogP contribution >= 0.6 is 0 Å². The predicted octanol–water partition coefficient (Wildman–Crippen LogP) is 3.86. The highest BCUT2D eigenvalue weighted by Gasteiger charge is 2.48. The van der Waals surface area contributed by atoms with Gasteiger partial charge in [0.15, 0.2) is 0 Å². The lowest BCUT2D eigenvalue weighted by Crippen LogP contribution is -2.53.